The number of halogens is 1. The van der Waals surface area contributed by atoms with Crippen molar-refractivity contribution in [3.63, 3.8) is 0 Å². The van der Waals surface area contributed by atoms with E-state index in [4.69, 9.17) is 9.47 Å². The highest BCUT2D eigenvalue weighted by Crippen LogP contribution is 2.35. The molecule has 1 aromatic heterocycles. The van der Waals surface area contributed by atoms with Gasteiger partial charge in [-0.3, -0.25) is 9.59 Å². The number of carbonyl (C=O) groups excluding carboxylic acids is 2. The molecule has 0 spiro atoms. The summed E-state index contributed by atoms with van der Waals surface area (Å²) < 4.78 is 11.9. The van der Waals surface area contributed by atoms with E-state index in [0.717, 1.165) is 14.9 Å². The second-order valence-corrected chi connectivity index (χ2v) is 7.74. The number of carbonyl (C=O) groups is 2. The number of hydrogen-bond acceptors (Lipinski definition) is 5. The smallest absolute Gasteiger partial charge is 0.316 e. The topological polar surface area (TPSA) is 52.6 Å². The quantitative estimate of drug-likeness (QED) is 0.314. The Labute approximate surface area is 168 Å². The van der Waals surface area contributed by atoms with Crippen molar-refractivity contribution in [3.8, 4) is 11.5 Å². The SMILES string of the molecule is O=C(Cc1cccs1)Oc1ccc2c(c1)O/C(=C\c1ccccc1Br)C2=O. The fourth-order valence-electron chi connectivity index (χ4n) is 2.69. The van der Waals surface area contributed by atoms with Gasteiger partial charge in [0.2, 0.25) is 5.78 Å². The molecule has 6 heteroatoms. The van der Waals surface area contributed by atoms with Crippen LogP contribution in [0.2, 0.25) is 0 Å². The number of hydrogen-bond donors (Lipinski definition) is 0. The van der Waals surface area contributed by atoms with Crippen molar-refractivity contribution in [2.75, 3.05) is 0 Å². The number of rotatable bonds is 4. The molecule has 1 aliphatic rings. The minimum atomic E-state index is -0.356. The molecular weight excluding hydrogens is 428 g/mol. The van der Waals surface area contributed by atoms with Crippen LogP contribution < -0.4 is 9.47 Å². The number of ether oxygens (including phenoxy) is 2. The highest BCUT2D eigenvalue weighted by Gasteiger charge is 2.28. The highest BCUT2D eigenvalue weighted by molar-refractivity contribution is 9.10. The van der Waals surface area contributed by atoms with Gasteiger partial charge in [0, 0.05) is 15.4 Å². The van der Waals surface area contributed by atoms with Gasteiger partial charge in [0.1, 0.15) is 11.5 Å². The minimum absolute atomic E-state index is 0.197. The van der Waals surface area contributed by atoms with Gasteiger partial charge in [0.05, 0.1) is 12.0 Å². The first-order valence-electron chi connectivity index (χ1n) is 8.16. The molecule has 0 aliphatic carbocycles. The third kappa shape index (κ3) is 3.86. The Balaban J connectivity index is 1.52. The summed E-state index contributed by atoms with van der Waals surface area (Å²) in [4.78, 5) is 25.5. The molecule has 2 aromatic carbocycles. The third-order valence-electron chi connectivity index (χ3n) is 3.96. The first-order valence-corrected chi connectivity index (χ1v) is 9.83. The predicted octanol–water partition coefficient (Wildman–Crippen LogP) is 5.27. The van der Waals surface area contributed by atoms with E-state index in [0.29, 0.717) is 17.1 Å². The van der Waals surface area contributed by atoms with Crippen molar-refractivity contribution >= 4 is 45.1 Å². The summed E-state index contributed by atoms with van der Waals surface area (Å²) in [5.41, 5.74) is 1.29. The normalized spacial score (nSPS) is 14.1. The molecule has 0 fully saturated rings. The molecule has 0 saturated carbocycles. The Morgan fingerprint density at radius 2 is 2.00 bits per heavy atom. The van der Waals surface area contributed by atoms with E-state index in [1.807, 2.05) is 41.8 Å². The Morgan fingerprint density at radius 1 is 1.15 bits per heavy atom. The van der Waals surface area contributed by atoms with Gasteiger partial charge in [-0.1, -0.05) is 40.2 Å². The van der Waals surface area contributed by atoms with Gasteiger partial charge in [-0.25, -0.2) is 0 Å². The van der Waals surface area contributed by atoms with E-state index in [2.05, 4.69) is 15.9 Å². The molecule has 0 N–H and O–H groups in total. The van der Waals surface area contributed by atoms with Crippen molar-refractivity contribution < 1.29 is 19.1 Å². The summed E-state index contributed by atoms with van der Waals surface area (Å²) in [7, 11) is 0. The Kier molecular flexibility index (Phi) is 4.92. The maximum absolute atomic E-state index is 12.5. The van der Waals surface area contributed by atoms with Crippen LogP contribution in [-0.2, 0) is 11.2 Å². The summed E-state index contributed by atoms with van der Waals surface area (Å²) >= 11 is 4.96. The lowest BCUT2D eigenvalue weighted by Gasteiger charge is -2.05. The lowest BCUT2D eigenvalue weighted by molar-refractivity contribution is -0.133. The minimum Gasteiger partial charge on any atom is -0.452 e. The summed E-state index contributed by atoms with van der Waals surface area (Å²) in [5, 5.41) is 1.91. The number of benzene rings is 2. The van der Waals surface area contributed by atoms with Crippen molar-refractivity contribution in [3.05, 3.63) is 86.2 Å². The first kappa shape index (κ1) is 17.7. The average Bonchev–Trinajstić information content (AvgIpc) is 3.25. The number of thiophene rings is 1. The van der Waals surface area contributed by atoms with Crippen LogP contribution in [0.4, 0.5) is 0 Å². The second-order valence-electron chi connectivity index (χ2n) is 5.85. The molecule has 0 unspecified atom stereocenters. The molecule has 0 atom stereocenters. The van der Waals surface area contributed by atoms with Gasteiger partial charge in [-0.15, -0.1) is 11.3 Å². The van der Waals surface area contributed by atoms with Crippen molar-refractivity contribution in [1.29, 1.82) is 0 Å². The van der Waals surface area contributed by atoms with Gasteiger partial charge >= 0.3 is 5.97 Å². The number of Topliss-reactive ketones (excluding diaryl/α,β-unsaturated/α-hetero) is 1. The summed E-state index contributed by atoms with van der Waals surface area (Å²) in [6.07, 6.45) is 1.90. The Hall–Kier alpha value is -2.70. The monoisotopic (exact) mass is 440 g/mol. The molecule has 2 heterocycles. The molecule has 134 valence electrons. The molecule has 0 radical (unpaired) electrons. The van der Waals surface area contributed by atoms with E-state index < -0.39 is 0 Å². The van der Waals surface area contributed by atoms with Gasteiger partial charge in [-0.05, 0) is 41.3 Å². The van der Waals surface area contributed by atoms with E-state index >= 15 is 0 Å². The second kappa shape index (κ2) is 7.50. The van der Waals surface area contributed by atoms with Crippen LogP contribution >= 0.6 is 27.3 Å². The number of fused-ring (bicyclic) bond motifs is 1. The molecule has 0 saturated heterocycles. The maximum atomic E-state index is 12.5. The zero-order valence-corrected chi connectivity index (χ0v) is 16.4. The van der Waals surface area contributed by atoms with Gasteiger partial charge in [-0.2, -0.15) is 0 Å². The largest absolute Gasteiger partial charge is 0.452 e. The van der Waals surface area contributed by atoms with Crippen molar-refractivity contribution in [2.45, 2.75) is 6.42 Å². The van der Waals surface area contributed by atoms with Gasteiger partial charge < -0.3 is 9.47 Å². The van der Waals surface area contributed by atoms with E-state index in [1.165, 1.54) is 11.3 Å². The van der Waals surface area contributed by atoms with Crippen LogP contribution in [0, 0.1) is 0 Å². The lowest BCUT2D eigenvalue weighted by Crippen LogP contribution is -2.10. The maximum Gasteiger partial charge on any atom is 0.316 e. The van der Waals surface area contributed by atoms with Crippen molar-refractivity contribution in [1.82, 2.24) is 0 Å². The van der Waals surface area contributed by atoms with Crippen LogP contribution in [-0.4, -0.2) is 11.8 Å². The van der Waals surface area contributed by atoms with E-state index in [-0.39, 0.29) is 23.9 Å². The summed E-state index contributed by atoms with van der Waals surface area (Å²) in [5.74, 6) is 0.423. The zero-order valence-electron chi connectivity index (χ0n) is 14.0. The zero-order chi connectivity index (χ0) is 18.8. The van der Waals surface area contributed by atoms with E-state index in [1.54, 1.807) is 24.3 Å². The first-order chi connectivity index (χ1) is 13.1. The Morgan fingerprint density at radius 3 is 2.78 bits per heavy atom. The Bertz CT molecular complexity index is 1050. The average molecular weight is 441 g/mol. The molecule has 0 bridgehead atoms. The molecule has 4 nitrogen and oxygen atoms in total. The molecule has 0 amide bonds. The molecule has 4 rings (SSSR count). The number of ketones is 1. The van der Waals surface area contributed by atoms with Crippen LogP contribution in [0.25, 0.3) is 6.08 Å². The molecule has 3 aromatic rings. The van der Waals surface area contributed by atoms with Crippen molar-refractivity contribution in [2.24, 2.45) is 0 Å². The number of allylic oxidation sites excluding steroid dienone is 1. The standard InChI is InChI=1S/C21H13BrO4S/c22-17-6-2-1-4-13(17)10-19-21(24)16-8-7-14(11-18(16)26-19)25-20(23)12-15-5-3-9-27-15/h1-11H,12H2/b19-10-. The lowest BCUT2D eigenvalue weighted by atomic mass is 10.1. The molecular formula is C21H13BrO4S. The third-order valence-corrected chi connectivity index (χ3v) is 5.56. The summed E-state index contributed by atoms with van der Waals surface area (Å²) in [6, 6.07) is 16.1. The van der Waals surface area contributed by atoms with E-state index in [9.17, 15) is 9.59 Å². The van der Waals surface area contributed by atoms with Gasteiger partial charge in [0.25, 0.3) is 0 Å². The van der Waals surface area contributed by atoms with Crippen LogP contribution in [0.3, 0.4) is 0 Å². The summed E-state index contributed by atoms with van der Waals surface area (Å²) in [6.45, 7) is 0. The molecule has 27 heavy (non-hydrogen) atoms. The highest BCUT2D eigenvalue weighted by atomic mass is 79.9. The number of esters is 1. The van der Waals surface area contributed by atoms with Crippen LogP contribution in [0.5, 0.6) is 11.5 Å². The molecule has 1 aliphatic heterocycles. The fraction of sp³-hybridized carbons (Fsp3) is 0.0476. The van der Waals surface area contributed by atoms with Crippen LogP contribution in [0.1, 0.15) is 20.8 Å². The fourth-order valence-corrected chi connectivity index (χ4v) is 3.78. The van der Waals surface area contributed by atoms with Crippen LogP contribution in [0.15, 0.2) is 70.2 Å². The predicted molar refractivity (Wildman–Crippen MR) is 107 cm³/mol. The van der Waals surface area contributed by atoms with Gasteiger partial charge in [0.15, 0.2) is 5.76 Å².